The number of aromatic nitrogens is 4. The number of aliphatic hydroxyl groups excluding tert-OH is 1. The Kier molecular flexibility index (Phi) is 7.05. The Balaban J connectivity index is 1.81. The fourth-order valence-corrected chi connectivity index (χ4v) is 5.34. The number of halogens is 2. The molecule has 190 valence electrons. The van der Waals surface area contributed by atoms with Gasteiger partial charge < -0.3 is 10.4 Å². The molecule has 1 aromatic carbocycles. The van der Waals surface area contributed by atoms with Gasteiger partial charge in [-0.2, -0.15) is 0 Å². The van der Waals surface area contributed by atoms with Crippen LogP contribution in [0.5, 0.6) is 0 Å². The van der Waals surface area contributed by atoms with Gasteiger partial charge in [0.1, 0.15) is 5.82 Å². The Bertz CT molecular complexity index is 1490. The van der Waals surface area contributed by atoms with E-state index < -0.39 is 21.7 Å². The maximum atomic E-state index is 14.7. The average molecular weight is 516 g/mol. The number of rotatable bonds is 8. The molecule has 0 amide bonds. The van der Waals surface area contributed by atoms with Crippen molar-refractivity contribution in [3.8, 4) is 11.4 Å². The Morgan fingerprint density at radius 2 is 1.83 bits per heavy atom. The molecule has 0 spiro atoms. The highest BCUT2D eigenvalue weighted by Crippen LogP contribution is 2.32. The summed E-state index contributed by atoms with van der Waals surface area (Å²) in [6.07, 6.45) is 3.54. The number of fused-ring (bicyclic) bond motifs is 1. The fraction of sp³-hybridized carbons (Fsp3) is 0.320. The van der Waals surface area contributed by atoms with Crippen molar-refractivity contribution in [2.75, 3.05) is 11.9 Å². The van der Waals surface area contributed by atoms with E-state index in [1.54, 1.807) is 30.3 Å². The van der Waals surface area contributed by atoms with Crippen LogP contribution in [0.3, 0.4) is 0 Å². The van der Waals surface area contributed by atoms with Crippen LogP contribution >= 0.6 is 0 Å². The lowest BCUT2D eigenvalue weighted by atomic mass is 9.85. The summed E-state index contributed by atoms with van der Waals surface area (Å²) >= 11 is 0. The summed E-state index contributed by atoms with van der Waals surface area (Å²) in [5, 5.41) is 12.6. The van der Waals surface area contributed by atoms with E-state index in [1.165, 1.54) is 6.20 Å². The van der Waals surface area contributed by atoms with Gasteiger partial charge in [0.25, 0.3) is 0 Å². The number of nitrogens with zero attached hydrogens (tertiary/aromatic N) is 4. The van der Waals surface area contributed by atoms with Gasteiger partial charge in [-0.15, -0.1) is 0 Å². The quantitative estimate of drug-likeness (QED) is 0.359. The van der Waals surface area contributed by atoms with Crippen molar-refractivity contribution < 1.29 is 22.3 Å². The highest BCUT2D eigenvalue weighted by atomic mass is 32.2. The molecule has 2 N–H and O–H groups in total. The first-order valence-corrected chi connectivity index (χ1v) is 12.9. The summed E-state index contributed by atoms with van der Waals surface area (Å²) in [5.41, 5.74) is 0.447. The average Bonchev–Trinajstić information content (AvgIpc) is 3.19. The van der Waals surface area contributed by atoms with Crippen molar-refractivity contribution in [3.63, 3.8) is 0 Å². The normalized spacial score (nSPS) is 13.2. The minimum absolute atomic E-state index is 0.00150. The third-order valence-corrected chi connectivity index (χ3v) is 7.41. The molecule has 0 saturated carbocycles. The summed E-state index contributed by atoms with van der Waals surface area (Å²) in [5.74, 6) is -1.79. The van der Waals surface area contributed by atoms with E-state index in [0.29, 0.717) is 12.0 Å². The lowest BCUT2D eigenvalue weighted by Gasteiger charge is -2.31. The number of benzene rings is 1. The van der Waals surface area contributed by atoms with Crippen molar-refractivity contribution in [3.05, 3.63) is 72.2 Å². The first-order chi connectivity index (χ1) is 17.0. The van der Waals surface area contributed by atoms with Gasteiger partial charge in [-0.25, -0.2) is 36.1 Å². The smallest absolute Gasteiger partial charge is 0.244 e. The molecule has 0 aliphatic carbocycles. The van der Waals surface area contributed by atoms with E-state index in [4.69, 9.17) is 0 Å². The third-order valence-electron chi connectivity index (χ3n) is 5.83. The van der Waals surface area contributed by atoms with E-state index in [2.05, 4.69) is 20.3 Å². The number of hydrogen-bond donors (Lipinski definition) is 2. The van der Waals surface area contributed by atoms with Crippen molar-refractivity contribution in [2.45, 2.75) is 39.0 Å². The molecule has 11 heteroatoms. The summed E-state index contributed by atoms with van der Waals surface area (Å²) in [6, 6.07) is 9.47. The molecule has 8 nitrogen and oxygen atoms in total. The molecule has 4 rings (SSSR count). The molecule has 3 aromatic heterocycles. The van der Waals surface area contributed by atoms with Crippen LogP contribution in [-0.2, 0) is 15.8 Å². The van der Waals surface area contributed by atoms with Gasteiger partial charge in [-0.3, -0.25) is 0 Å². The lowest BCUT2D eigenvalue weighted by Crippen LogP contribution is -2.35. The number of nitrogens with one attached hydrogen (secondary N) is 1. The molecule has 1 atom stereocenters. The van der Waals surface area contributed by atoms with E-state index in [-0.39, 0.29) is 52.1 Å². The monoisotopic (exact) mass is 515 g/mol. The van der Waals surface area contributed by atoms with Crippen LogP contribution in [0.25, 0.3) is 22.4 Å². The van der Waals surface area contributed by atoms with Gasteiger partial charge in [-0.1, -0.05) is 51.1 Å². The molecule has 3 heterocycles. The number of anilines is 1. The second kappa shape index (κ2) is 9.90. The van der Waals surface area contributed by atoms with Crippen LogP contribution in [0.4, 0.5) is 14.6 Å². The highest BCUT2D eigenvalue weighted by molar-refractivity contribution is 7.89. The number of hydrogen-bond acceptors (Lipinski definition) is 7. The summed E-state index contributed by atoms with van der Waals surface area (Å²) in [4.78, 5) is 12.4. The van der Waals surface area contributed by atoms with Gasteiger partial charge in [-0.05, 0) is 23.5 Å². The number of pyridine rings is 1. The molecule has 0 aliphatic rings. The second-order valence-electron chi connectivity index (χ2n) is 9.57. The van der Waals surface area contributed by atoms with Crippen LogP contribution in [0.1, 0.15) is 32.8 Å². The first-order valence-electron chi connectivity index (χ1n) is 11.3. The molecule has 0 radical (unpaired) electrons. The second-order valence-corrected chi connectivity index (χ2v) is 11.4. The van der Waals surface area contributed by atoms with Gasteiger partial charge in [0.2, 0.25) is 10.0 Å². The predicted octanol–water partition coefficient (Wildman–Crippen LogP) is 4.36. The van der Waals surface area contributed by atoms with E-state index >= 15 is 0 Å². The Labute approximate surface area is 208 Å². The number of aliphatic hydroxyl groups is 1. The van der Waals surface area contributed by atoms with E-state index in [9.17, 15) is 22.3 Å². The Hall–Kier alpha value is -3.44. The van der Waals surface area contributed by atoms with Crippen molar-refractivity contribution >= 4 is 26.9 Å². The van der Waals surface area contributed by atoms with Crippen LogP contribution in [0.2, 0.25) is 0 Å². The van der Waals surface area contributed by atoms with Crippen molar-refractivity contribution in [1.29, 1.82) is 0 Å². The molecular formula is C25H27F2N5O3S. The van der Waals surface area contributed by atoms with Gasteiger partial charge in [0.05, 0.1) is 18.1 Å². The van der Waals surface area contributed by atoms with Crippen molar-refractivity contribution in [1.82, 2.24) is 18.9 Å². The standard InChI is InChI=1S/C25H27F2N5O3S/c1-25(2,3)21(9-10-33)30-23-20(27)13-28-22(31-23)19-14-32(24-18(19)11-17(26)12-29-24)36(34,35)15-16-7-5-4-6-8-16/h4-8,11-14,21,33H,9-10,15H2,1-3H3,(H,28,30,31). The SMILES string of the molecule is CC(C)(C)C(CCO)Nc1nc(-c2cn(S(=O)(=O)Cc3ccccc3)c3ncc(F)cc23)ncc1F. The molecule has 4 aromatic rings. The zero-order valence-corrected chi connectivity index (χ0v) is 20.9. The van der Waals surface area contributed by atoms with Crippen LogP contribution < -0.4 is 5.32 Å². The zero-order valence-electron chi connectivity index (χ0n) is 20.1. The lowest BCUT2D eigenvalue weighted by molar-refractivity contribution is 0.234. The Morgan fingerprint density at radius 1 is 1.11 bits per heavy atom. The molecule has 1 unspecified atom stereocenters. The van der Waals surface area contributed by atoms with Crippen LogP contribution in [0.15, 0.2) is 55.0 Å². The third kappa shape index (κ3) is 5.36. The Morgan fingerprint density at radius 3 is 2.50 bits per heavy atom. The topological polar surface area (TPSA) is 110 Å². The van der Waals surface area contributed by atoms with E-state index in [0.717, 1.165) is 22.4 Å². The molecule has 0 fully saturated rings. The predicted molar refractivity (Wildman–Crippen MR) is 134 cm³/mol. The maximum Gasteiger partial charge on any atom is 0.244 e. The van der Waals surface area contributed by atoms with E-state index in [1.807, 2.05) is 20.8 Å². The van der Waals surface area contributed by atoms with Gasteiger partial charge in [0.15, 0.2) is 23.1 Å². The van der Waals surface area contributed by atoms with Gasteiger partial charge >= 0.3 is 0 Å². The first kappa shape index (κ1) is 25.6. The van der Waals surface area contributed by atoms with Crippen LogP contribution in [0, 0.1) is 17.0 Å². The minimum atomic E-state index is -3.95. The van der Waals surface area contributed by atoms with Gasteiger partial charge in [0, 0.05) is 29.8 Å². The highest BCUT2D eigenvalue weighted by Gasteiger charge is 2.27. The summed E-state index contributed by atoms with van der Waals surface area (Å²) in [6.45, 7) is 5.73. The molecule has 0 bridgehead atoms. The van der Waals surface area contributed by atoms with Crippen molar-refractivity contribution in [2.24, 2.45) is 5.41 Å². The minimum Gasteiger partial charge on any atom is -0.396 e. The fourth-order valence-electron chi connectivity index (χ4n) is 3.91. The van der Waals surface area contributed by atoms with Crippen LogP contribution in [-0.4, -0.2) is 45.1 Å². The largest absolute Gasteiger partial charge is 0.396 e. The molecule has 36 heavy (non-hydrogen) atoms. The zero-order chi connectivity index (χ0) is 26.1. The molecular weight excluding hydrogens is 488 g/mol. The summed E-state index contributed by atoms with van der Waals surface area (Å²) in [7, 11) is -3.95. The summed E-state index contributed by atoms with van der Waals surface area (Å²) < 4.78 is 56.4. The molecule has 0 saturated heterocycles. The molecule has 0 aliphatic heterocycles. The maximum absolute atomic E-state index is 14.7.